The lowest BCUT2D eigenvalue weighted by atomic mass is 10.2. The first-order valence-corrected chi connectivity index (χ1v) is 6.44. The molecule has 0 bridgehead atoms. The van der Waals surface area contributed by atoms with Crippen molar-refractivity contribution in [3.05, 3.63) is 29.8 Å². The van der Waals surface area contributed by atoms with E-state index in [0.29, 0.717) is 13.0 Å². The minimum Gasteiger partial charge on any atom is -0.396 e. The molecule has 2 amide bonds. The highest BCUT2D eigenvalue weighted by molar-refractivity contribution is 5.74. The lowest BCUT2D eigenvalue weighted by Gasteiger charge is -2.14. The van der Waals surface area contributed by atoms with Crippen molar-refractivity contribution >= 4 is 11.7 Å². The normalized spacial score (nSPS) is 11.8. The minimum atomic E-state index is -0.211. The number of aliphatic hydroxyl groups is 1. The van der Waals surface area contributed by atoms with Gasteiger partial charge in [-0.2, -0.15) is 0 Å². The summed E-state index contributed by atoms with van der Waals surface area (Å²) in [4.78, 5) is 13.6. The molecule has 0 aliphatic heterocycles. The second kappa shape index (κ2) is 7.63. The first-order valence-electron chi connectivity index (χ1n) is 6.44. The van der Waals surface area contributed by atoms with E-state index in [-0.39, 0.29) is 18.7 Å². The quantitative estimate of drug-likeness (QED) is 0.727. The summed E-state index contributed by atoms with van der Waals surface area (Å²) in [7, 11) is 3.98. The lowest BCUT2D eigenvalue weighted by Crippen LogP contribution is -2.40. The zero-order chi connectivity index (χ0) is 14.3. The maximum atomic E-state index is 11.6. The van der Waals surface area contributed by atoms with E-state index in [4.69, 9.17) is 5.11 Å². The van der Waals surface area contributed by atoms with Gasteiger partial charge in [0.2, 0.25) is 0 Å². The van der Waals surface area contributed by atoms with Gasteiger partial charge in [0.15, 0.2) is 0 Å². The molecular weight excluding hydrogens is 242 g/mol. The fraction of sp³-hybridized carbons (Fsp3) is 0.500. The third-order valence-electron chi connectivity index (χ3n) is 2.85. The number of rotatable bonds is 6. The van der Waals surface area contributed by atoms with Crippen molar-refractivity contribution in [2.75, 3.05) is 25.6 Å². The number of anilines is 1. The monoisotopic (exact) mass is 265 g/mol. The molecule has 0 saturated carbocycles. The van der Waals surface area contributed by atoms with Gasteiger partial charge in [-0.3, -0.25) is 0 Å². The van der Waals surface area contributed by atoms with Gasteiger partial charge in [0.05, 0.1) is 0 Å². The highest BCUT2D eigenvalue weighted by Crippen LogP contribution is 2.11. The highest BCUT2D eigenvalue weighted by Gasteiger charge is 2.05. The maximum Gasteiger partial charge on any atom is 0.315 e. The van der Waals surface area contributed by atoms with Gasteiger partial charge in [-0.25, -0.2) is 4.79 Å². The third-order valence-corrected chi connectivity index (χ3v) is 2.85. The van der Waals surface area contributed by atoms with Crippen LogP contribution >= 0.6 is 0 Å². The Morgan fingerprint density at radius 1 is 1.32 bits per heavy atom. The SMILES string of the molecule is C[C@H](CCO)NC(=O)NCc1ccc(N(C)C)cc1. The predicted octanol–water partition coefficient (Wildman–Crippen LogP) is 1.32. The topological polar surface area (TPSA) is 64.6 Å². The number of aliphatic hydroxyl groups excluding tert-OH is 1. The molecule has 0 saturated heterocycles. The zero-order valence-corrected chi connectivity index (χ0v) is 11.8. The minimum absolute atomic E-state index is 0.0267. The van der Waals surface area contributed by atoms with E-state index in [9.17, 15) is 4.79 Å². The van der Waals surface area contributed by atoms with Crippen molar-refractivity contribution in [3.8, 4) is 0 Å². The molecule has 1 atom stereocenters. The summed E-state index contributed by atoms with van der Waals surface area (Å²) in [5.74, 6) is 0. The number of carbonyl (C=O) groups excluding carboxylic acids is 1. The van der Waals surface area contributed by atoms with Crippen LogP contribution in [0.1, 0.15) is 18.9 Å². The number of hydrogen-bond donors (Lipinski definition) is 3. The Kier molecular flexibility index (Phi) is 6.15. The van der Waals surface area contributed by atoms with Crippen LogP contribution in [0.2, 0.25) is 0 Å². The Morgan fingerprint density at radius 3 is 2.47 bits per heavy atom. The molecule has 1 aromatic carbocycles. The molecule has 5 nitrogen and oxygen atoms in total. The van der Waals surface area contributed by atoms with E-state index in [0.717, 1.165) is 11.3 Å². The summed E-state index contributed by atoms with van der Waals surface area (Å²) in [6.07, 6.45) is 0.560. The molecule has 0 aliphatic carbocycles. The summed E-state index contributed by atoms with van der Waals surface area (Å²) in [5.41, 5.74) is 2.18. The van der Waals surface area contributed by atoms with Gasteiger partial charge in [0.25, 0.3) is 0 Å². The molecule has 0 aromatic heterocycles. The smallest absolute Gasteiger partial charge is 0.315 e. The molecule has 1 aromatic rings. The van der Waals surface area contributed by atoms with E-state index >= 15 is 0 Å². The Bertz CT molecular complexity index is 390. The number of hydrogen-bond acceptors (Lipinski definition) is 3. The molecule has 3 N–H and O–H groups in total. The standard InChI is InChI=1S/C14H23N3O2/c1-11(8-9-18)16-14(19)15-10-12-4-6-13(7-5-12)17(2)3/h4-7,11,18H,8-10H2,1-3H3,(H2,15,16,19)/t11-/m1/s1. The molecule has 19 heavy (non-hydrogen) atoms. The van der Waals surface area contributed by atoms with Crippen LogP contribution in [0.4, 0.5) is 10.5 Å². The summed E-state index contributed by atoms with van der Waals surface area (Å²) >= 11 is 0. The first-order chi connectivity index (χ1) is 9.02. The van der Waals surface area contributed by atoms with Gasteiger partial charge in [0.1, 0.15) is 0 Å². The Morgan fingerprint density at radius 2 is 1.95 bits per heavy atom. The van der Waals surface area contributed by atoms with Crippen molar-refractivity contribution in [1.29, 1.82) is 0 Å². The molecular formula is C14H23N3O2. The van der Waals surface area contributed by atoms with Gasteiger partial charge in [-0.15, -0.1) is 0 Å². The van der Waals surface area contributed by atoms with E-state index in [1.807, 2.05) is 50.2 Å². The van der Waals surface area contributed by atoms with Crippen molar-refractivity contribution in [3.63, 3.8) is 0 Å². The summed E-state index contributed by atoms with van der Waals surface area (Å²) < 4.78 is 0. The van der Waals surface area contributed by atoms with E-state index in [1.54, 1.807) is 0 Å². The molecule has 1 rings (SSSR count). The van der Waals surface area contributed by atoms with Gasteiger partial charge in [-0.1, -0.05) is 12.1 Å². The molecule has 106 valence electrons. The molecule has 5 heteroatoms. The number of urea groups is 1. The zero-order valence-electron chi connectivity index (χ0n) is 11.8. The predicted molar refractivity (Wildman–Crippen MR) is 77.3 cm³/mol. The van der Waals surface area contributed by atoms with Crippen LogP contribution in [0.5, 0.6) is 0 Å². The number of carbonyl (C=O) groups is 1. The number of amides is 2. The van der Waals surface area contributed by atoms with Gasteiger partial charge >= 0.3 is 6.03 Å². The highest BCUT2D eigenvalue weighted by atomic mass is 16.3. The molecule has 0 aliphatic rings. The maximum absolute atomic E-state index is 11.6. The second-order valence-corrected chi connectivity index (χ2v) is 4.80. The summed E-state index contributed by atoms with van der Waals surface area (Å²) in [6.45, 7) is 2.43. The van der Waals surface area contributed by atoms with Crippen LogP contribution in [0, 0.1) is 0 Å². The van der Waals surface area contributed by atoms with Crippen LogP contribution in [-0.2, 0) is 6.54 Å². The van der Waals surface area contributed by atoms with Crippen LogP contribution < -0.4 is 15.5 Å². The third kappa shape index (κ3) is 5.61. The van der Waals surface area contributed by atoms with Crippen LogP contribution in [0.15, 0.2) is 24.3 Å². The molecule has 0 unspecified atom stereocenters. The van der Waals surface area contributed by atoms with Crippen molar-refractivity contribution in [1.82, 2.24) is 10.6 Å². The Labute approximate surface area is 114 Å². The number of nitrogens with zero attached hydrogens (tertiary/aromatic N) is 1. The Balaban J connectivity index is 2.37. The molecule has 0 heterocycles. The van der Waals surface area contributed by atoms with E-state index < -0.39 is 0 Å². The van der Waals surface area contributed by atoms with Gasteiger partial charge in [-0.05, 0) is 31.0 Å². The van der Waals surface area contributed by atoms with Gasteiger partial charge in [0, 0.05) is 39.0 Å². The molecule has 0 fully saturated rings. The van der Waals surface area contributed by atoms with E-state index in [2.05, 4.69) is 10.6 Å². The average Bonchev–Trinajstić information content (AvgIpc) is 2.37. The second-order valence-electron chi connectivity index (χ2n) is 4.80. The van der Waals surface area contributed by atoms with Crippen molar-refractivity contribution in [2.45, 2.75) is 25.9 Å². The lowest BCUT2D eigenvalue weighted by molar-refractivity contribution is 0.230. The number of benzene rings is 1. The summed E-state index contributed by atoms with van der Waals surface area (Å²) in [5, 5.41) is 14.3. The summed E-state index contributed by atoms with van der Waals surface area (Å²) in [6, 6.07) is 7.78. The van der Waals surface area contributed by atoms with Crippen molar-refractivity contribution < 1.29 is 9.90 Å². The average molecular weight is 265 g/mol. The Hall–Kier alpha value is -1.75. The fourth-order valence-electron chi connectivity index (χ4n) is 1.63. The fourth-order valence-corrected chi connectivity index (χ4v) is 1.63. The van der Waals surface area contributed by atoms with E-state index in [1.165, 1.54) is 0 Å². The van der Waals surface area contributed by atoms with Gasteiger partial charge < -0.3 is 20.6 Å². The largest absolute Gasteiger partial charge is 0.396 e. The van der Waals surface area contributed by atoms with Crippen LogP contribution in [-0.4, -0.2) is 37.9 Å². The molecule has 0 radical (unpaired) electrons. The number of nitrogens with one attached hydrogen (secondary N) is 2. The van der Waals surface area contributed by atoms with Crippen molar-refractivity contribution in [2.24, 2.45) is 0 Å². The van der Waals surface area contributed by atoms with Crippen LogP contribution in [0.25, 0.3) is 0 Å². The van der Waals surface area contributed by atoms with Crippen LogP contribution in [0.3, 0.4) is 0 Å². The molecule has 0 spiro atoms. The first kappa shape index (κ1) is 15.3.